The number of rotatable bonds is 7. The van der Waals surface area contributed by atoms with Crippen LogP contribution in [0.2, 0.25) is 0 Å². The molecule has 0 unspecified atom stereocenters. The summed E-state index contributed by atoms with van der Waals surface area (Å²) in [6, 6.07) is 11.0. The lowest BCUT2D eigenvalue weighted by atomic mass is 9.90. The zero-order chi connectivity index (χ0) is 28.4. The van der Waals surface area contributed by atoms with Gasteiger partial charge in [0.2, 0.25) is 5.91 Å². The number of alkyl halides is 3. The smallest absolute Gasteiger partial charge is 0.416 e. The fourth-order valence-corrected chi connectivity index (χ4v) is 5.63. The van der Waals surface area contributed by atoms with E-state index >= 15 is 0 Å². The van der Waals surface area contributed by atoms with Crippen LogP contribution in [0.4, 0.5) is 19.0 Å². The van der Waals surface area contributed by atoms with Gasteiger partial charge in [-0.15, -0.1) is 0 Å². The monoisotopic (exact) mass is 551 g/mol. The Morgan fingerprint density at radius 3 is 2.65 bits per heavy atom. The van der Waals surface area contributed by atoms with Crippen molar-refractivity contribution in [2.45, 2.75) is 63.3 Å². The summed E-state index contributed by atoms with van der Waals surface area (Å²) in [5.41, 5.74) is 6.69. The van der Waals surface area contributed by atoms with Gasteiger partial charge in [-0.05, 0) is 67.8 Å². The molecule has 3 aromatic rings. The molecule has 1 saturated carbocycles. The molecule has 2 aromatic carbocycles. The van der Waals surface area contributed by atoms with E-state index in [4.69, 9.17) is 15.2 Å². The number of halogens is 3. The van der Waals surface area contributed by atoms with Crippen molar-refractivity contribution in [3.63, 3.8) is 0 Å². The van der Waals surface area contributed by atoms with E-state index in [1.807, 2.05) is 18.2 Å². The van der Waals surface area contributed by atoms with Gasteiger partial charge in [-0.25, -0.2) is 4.98 Å². The van der Waals surface area contributed by atoms with Crippen LogP contribution in [0.3, 0.4) is 0 Å². The molecule has 0 spiro atoms. The third-order valence-corrected chi connectivity index (χ3v) is 7.73. The molecule has 208 valence electrons. The van der Waals surface area contributed by atoms with Crippen molar-refractivity contribution < 1.29 is 32.2 Å². The number of nitrogens with one attached hydrogen (secondary N) is 1. The lowest BCUT2D eigenvalue weighted by Gasteiger charge is -2.22. The summed E-state index contributed by atoms with van der Waals surface area (Å²) in [5, 5.41) is 2.76. The number of hydrogen-bond donors (Lipinski definition) is 2. The lowest BCUT2D eigenvalue weighted by molar-refractivity contribution is -0.137. The molecule has 3 N–H and O–H groups in total. The fraction of sp³-hybridized carbons (Fsp3) is 0.367. The fourth-order valence-electron chi connectivity index (χ4n) is 5.63. The van der Waals surface area contributed by atoms with Crippen LogP contribution in [-0.2, 0) is 34.1 Å². The summed E-state index contributed by atoms with van der Waals surface area (Å²) < 4.78 is 52.7. The van der Waals surface area contributed by atoms with Gasteiger partial charge in [-0.2, -0.15) is 13.2 Å². The van der Waals surface area contributed by atoms with E-state index < -0.39 is 17.3 Å². The Balaban J connectivity index is 1.15. The Morgan fingerprint density at radius 1 is 1.12 bits per heavy atom. The molecular formula is C30H28F3N3O4. The van der Waals surface area contributed by atoms with E-state index in [9.17, 15) is 22.8 Å². The molecule has 40 heavy (non-hydrogen) atoms. The second-order valence-electron chi connectivity index (χ2n) is 11.3. The van der Waals surface area contributed by atoms with Crippen molar-refractivity contribution in [1.29, 1.82) is 0 Å². The van der Waals surface area contributed by atoms with Gasteiger partial charge in [-0.1, -0.05) is 6.07 Å². The van der Waals surface area contributed by atoms with Gasteiger partial charge in [-0.3, -0.25) is 9.59 Å². The molecule has 1 amide bonds. The molecule has 7 nitrogen and oxygen atoms in total. The predicted molar refractivity (Wildman–Crippen MR) is 140 cm³/mol. The standard InChI is InChI=1S/C30H28F3N3O4/c1-29(2,34)16-9-15(10-17(12-16)30(31,32)33)11-18(37)13-22-26-21-14-19(3-5-23(21)40-27(22)26)39-24-7-8-35-28-20(24)4-6-25(38)36-28/h3,5,7-10,12,14,22,26-27H,4,6,11,13,34H2,1-2H3,(H,35,36,38)/t22-,26-,27+/m0/s1. The van der Waals surface area contributed by atoms with Crippen LogP contribution in [0.25, 0.3) is 0 Å². The van der Waals surface area contributed by atoms with Crippen LogP contribution < -0.4 is 20.5 Å². The quantitative estimate of drug-likeness (QED) is 0.394. The Labute approximate surface area is 228 Å². The molecule has 10 heteroatoms. The maximum absolute atomic E-state index is 13.5. The number of anilines is 1. The minimum Gasteiger partial charge on any atom is -0.489 e. The molecule has 2 aliphatic heterocycles. The third-order valence-electron chi connectivity index (χ3n) is 7.73. The number of ketones is 1. The van der Waals surface area contributed by atoms with Gasteiger partial charge in [0.1, 0.15) is 35.0 Å². The Morgan fingerprint density at radius 2 is 1.90 bits per heavy atom. The third kappa shape index (κ3) is 5.03. The molecule has 1 aliphatic carbocycles. The number of nitrogens with zero attached hydrogens (tertiary/aromatic N) is 1. The summed E-state index contributed by atoms with van der Waals surface area (Å²) in [7, 11) is 0. The van der Waals surface area contributed by atoms with Crippen molar-refractivity contribution in [2.75, 3.05) is 5.32 Å². The molecule has 3 aliphatic rings. The van der Waals surface area contributed by atoms with Crippen LogP contribution >= 0.6 is 0 Å². The summed E-state index contributed by atoms with van der Waals surface area (Å²) >= 11 is 0. The highest BCUT2D eigenvalue weighted by molar-refractivity contribution is 5.93. The summed E-state index contributed by atoms with van der Waals surface area (Å²) in [5.74, 6) is 2.20. The van der Waals surface area contributed by atoms with E-state index in [-0.39, 0.29) is 42.5 Å². The minimum atomic E-state index is -4.53. The van der Waals surface area contributed by atoms with Crippen LogP contribution in [0.1, 0.15) is 60.4 Å². The molecule has 3 atom stereocenters. The first-order valence-electron chi connectivity index (χ1n) is 13.2. The first-order chi connectivity index (χ1) is 18.9. The molecule has 1 fully saturated rings. The normalized spacial score (nSPS) is 21.1. The summed E-state index contributed by atoms with van der Waals surface area (Å²) in [6.07, 6.45) is -2.11. The van der Waals surface area contributed by atoms with Gasteiger partial charge >= 0.3 is 6.18 Å². The van der Waals surface area contributed by atoms with Crippen molar-refractivity contribution in [3.05, 3.63) is 76.5 Å². The maximum Gasteiger partial charge on any atom is 0.416 e. The van der Waals surface area contributed by atoms with Crippen LogP contribution in [0, 0.1) is 5.92 Å². The first kappa shape index (κ1) is 26.3. The molecule has 0 saturated heterocycles. The minimum absolute atomic E-state index is 0.0215. The first-order valence-corrected chi connectivity index (χ1v) is 13.2. The predicted octanol–water partition coefficient (Wildman–Crippen LogP) is 5.65. The molecular weight excluding hydrogens is 523 g/mol. The maximum atomic E-state index is 13.5. The van der Waals surface area contributed by atoms with Crippen LogP contribution in [0.15, 0.2) is 48.7 Å². The SMILES string of the molecule is CC(C)(N)c1cc(CC(=O)C[C@@H]2[C@H]3Oc4ccc(Oc5ccnc6c5CCC(=O)N6)cc4[C@@H]23)cc(C(F)(F)F)c1. The zero-order valence-electron chi connectivity index (χ0n) is 22.0. The number of ether oxygens (including phenoxy) is 2. The van der Waals surface area contributed by atoms with Gasteiger partial charge in [0.05, 0.1) is 5.56 Å². The molecule has 0 radical (unpaired) electrons. The van der Waals surface area contributed by atoms with Crippen LogP contribution in [-0.4, -0.2) is 22.8 Å². The number of Topliss-reactive ketones (excluding diaryl/α,β-unsaturated/α-hetero) is 1. The number of amides is 1. The Bertz CT molecular complexity index is 1500. The van der Waals surface area contributed by atoms with Gasteiger partial charge < -0.3 is 20.5 Å². The zero-order valence-corrected chi connectivity index (χ0v) is 22.0. The molecule has 6 rings (SSSR count). The lowest BCUT2D eigenvalue weighted by Crippen LogP contribution is -2.29. The van der Waals surface area contributed by atoms with Gasteiger partial charge in [0.15, 0.2) is 0 Å². The number of pyridine rings is 1. The highest BCUT2D eigenvalue weighted by Crippen LogP contribution is 2.60. The number of hydrogen-bond acceptors (Lipinski definition) is 6. The highest BCUT2D eigenvalue weighted by atomic mass is 19.4. The number of carbonyl (C=O) groups is 2. The van der Waals surface area contributed by atoms with E-state index in [2.05, 4.69) is 10.3 Å². The average molecular weight is 552 g/mol. The molecule has 1 aromatic heterocycles. The second-order valence-corrected chi connectivity index (χ2v) is 11.3. The number of carbonyl (C=O) groups excluding carboxylic acids is 2. The van der Waals surface area contributed by atoms with Crippen molar-refractivity contribution in [2.24, 2.45) is 11.7 Å². The Hall–Kier alpha value is -3.92. The van der Waals surface area contributed by atoms with Crippen molar-refractivity contribution >= 4 is 17.5 Å². The van der Waals surface area contributed by atoms with Crippen LogP contribution in [0.5, 0.6) is 17.2 Å². The molecule has 0 bridgehead atoms. The van der Waals surface area contributed by atoms with Crippen molar-refractivity contribution in [3.8, 4) is 17.2 Å². The highest BCUT2D eigenvalue weighted by Gasteiger charge is 2.59. The van der Waals surface area contributed by atoms with E-state index in [1.54, 1.807) is 32.2 Å². The van der Waals surface area contributed by atoms with Crippen molar-refractivity contribution in [1.82, 2.24) is 4.98 Å². The number of nitrogens with two attached hydrogens (primary N) is 1. The van der Waals surface area contributed by atoms with Gasteiger partial charge in [0.25, 0.3) is 0 Å². The number of aromatic nitrogens is 1. The number of benzene rings is 2. The van der Waals surface area contributed by atoms with E-state index in [0.717, 1.165) is 29.0 Å². The Kier molecular flexibility index (Phi) is 6.14. The topological polar surface area (TPSA) is 104 Å². The summed E-state index contributed by atoms with van der Waals surface area (Å²) in [6.45, 7) is 3.26. The second kappa shape index (κ2) is 9.33. The van der Waals surface area contributed by atoms with Gasteiger partial charge in [0, 0.05) is 54.0 Å². The van der Waals surface area contributed by atoms with E-state index in [1.165, 1.54) is 0 Å². The number of fused-ring (bicyclic) bond motifs is 4. The van der Waals surface area contributed by atoms with E-state index in [0.29, 0.717) is 41.3 Å². The average Bonchev–Trinajstić information content (AvgIpc) is 3.38. The largest absolute Gasteiger partial charge is 0.489 e. The molecule has 3 heterocycles. The summed E-state index contributed by atoms with van der Waals surface area (Å²) in [4.78, 5) is 28.9.